The maximum atomic E-state index is 12.0. The van der Waals surface area contributed by atoms with Crippen molar-refractivity contribution in [1.29, 1.82) is 0 Å². The number of rotatable bonds is 7. The zero-order valence-corrected chi connectivity index (χ0v) is 12.0. The van der Waals surface area contributed by atoms with Gasteiger partial charge in [0.15, 0.2) is 0 Å². The highest BCUT2D eigenvalue weighted by atomic mass is 32.2. The van der Waals surface area contributed by atoms with Gasteiger partial charge in [-0.25, -0.2) is 13.1 Å². The van der Waals surface area contributed by atoms with Crippen molar-refractivity contribution in [1.82, 2.24) is 4.72 Å². The van der Waals surface area contributed by atoms with Gasteiger partial charge in [-0.2, -0.15) is 0 Å². The third-order valence-electron chi connectivity index (χ3n) is 3.09. The molecule has 0 aliphatic rings. The molecule has 1 aromatic carbocycles. The molecule has 102 valence electrons. The largest absolute Gasteiger partial charge is 0.497 e. The van der Waals surface area contributed by atoms with Crippen molar-refractivity contribution in [3.05, 3.63) is 24.3 Å². The lowest BCUT2D eigenvalue weighted by atomic mass is 10.0. The van der Waals surface area contributed by atoms with Gasteiger partial charge in [0, 0.05) is 6.54 Å². The van der Waals surface area contributed by atoms with E-state index >= 15 is 0 Å². The molecule has 0 amide bonds. The minimum atomic E-state index is -3.41. The van der Waals surface area contributed by atoms with Gasteiger partial charge in [0.05, 0.1) is 12.0 Å². The van der Waals surface area contributed by atoms with E-state index in [4.69, 9.17) is 4.74 Å². The van der Waals surface area contributed by atoms with Crippen molar-refractivity contribution in [2.75, 3.05) is 13.7 Å². The Balaban J connectivity index is 2.73. The van der Waals surface area contributed by atoms with Crippen molar-refractivity contribution in [3.63, 3.8) is 0 Å². The highest BCUT2D eigenvalue weighted by molar-refractivity contribution is 7.89. The van der Waals surface area contributed by atoms with E-state index in [1.165, 1.54) is 0 Å². The van der Waals surface area contributed by atoms with Gasteiger partial charge in [0.1, 0.15) is 5.75 Å². The third kappa shape index (κ3) is 3.99. The zero-order valence-electron chi connectivity index (χ0n) is 11.1. The summed E-state index contributed by atoms with van der Waals surface area (Å²) in [5.74, 6) is 1.03. The van der Waals surface area contributed by atoms with Gasteiger partial charge in [-0.1, -0.05) is 26.7 Å². The van der Waals surface area contributed by atoms with Gasteiger partial charge < -0.3 is 4.74 Å². The number of ether oxygens (including phenoxy) is 1. The molecule has 18 heavy (non-hydrogen) atoms. The van der Waals surface area contributed by atoms with E-state index in [1.54, 1.807) is 31.4 Å². The van der Waals surface area contributed by atoms with Crippen LogP contribution in [0.25, 0.3) is 0 Å². The number of benzene rings is 1. The van der Waals surface area contributed by atoms with Crippen LogP contribution in [0.1, 0.15) is 26.7 Å². The van der Waals surface area contributed by atoms with E-state index in [0.29, 0.717) is 18.2 Å². The predicted molar refractivity (Wildman–Crippen MR) is 72.3 cm³/mol. The summed E-state index contributed by atoms with van der Waals surface area (Å²) in [7, 11) is -1.86. The molecule has 0 aliphatic carbocycles. The van der Waals surface area contributed by atoms with E-state index in [1.807, 2.05) is 0 Å². The van der Waals surface area contributed by atoms with Crippen molar-refractivity contribution in [2.45, 2.75) is 31.6 Å². The van der Waals surface area contributed by atoms with E-state index in [0.717, 1.165) is 12.8 Å². The number of sulfonamides is 1. The van der Waals surface area contributed by atoms with Crippen LogP contribution in [0, 0.1) is 5.92 Å². The lowest BCUT2D eigenvalue weighted by Gasteiger charge is -2.13. The van der Waals surface area contributed by atoms with Crippen LogP contribution in [0.15, 0.2) is 29.2 Å². The van der Waals surface area contributed by atoms with Crippen LogP contribution in [0.4, 0.5) is 0 Å². The Hall–Kier alpha value is -1.07. The standard InChI is InChI=1S/C13H21NO3S/c1-4-11(5-2)10-14-18(15,16)13-8-6-12(17-3)7-9-13/h6-9,11,14H,4-5,10H2,1-3H3. The number of hydrogen-bond donors (Lipinski definition) is 1. The minimum Gasteiger partial charge on any atom is -0.497 e. The molecule has 1 N–H and O–H groups in total. The summed E-state index contributed by atoms with van der Waals surface area (Å²) < 4.78 is 31.7. The minimum absolute atomic E-state index is 0.272. The molecule has 0 radical (unpaired) electrons. The molecule has 1 aromatic rings. The van der Waals surface area contributed by atoms with Crippen molar-refractivity contribution < 1.29 is 13.2 Å². The van der Waals surface area contributed by atoms with Crippen LogP contribution >= 0.6 is 0 Å². The van der Waals surface area contributed by atoms with Gasteiger partial charge in [-0.3, -0.25) is 0 Å². The molecular weight excluding hydrogens is 250 g/mol. The molecule has 0 saturated carbocycles. The molecule has 0 aliphatic heterocycles. The smallest absolute Gasteiger partial charge is 0.240 e. The summed E-state index contributed by atoms with van der Waals surface area (Å²) in [6.07, 6.45) is 1.95. The van der Waals surface area contributed by atoms with Gasteiger partial charge in [-0.15, -0.1) is 0 Å². The fraction of sp³-hybridized carbons (Fsp3) is 0.538. The van der Waals surface area contributed by atoms with E-state index in [2.05, 4.69) is 18.6 Å². The van der Waals surface area contributed by atoms with Gasteiger partial charge in [-0.05, 0) is 30.2 Å². The Labute approximate surface area is 109 Å². The van der Waals surface area contributed by atoms with Crippen molar-refractivity contribution in [2.24, 2.45) is 5.92 Å². The summed E-state index contributed by atoms with van der Waals surface area (Å²) in [4.78, 5) is 0.272. The highest BCUT2D eigenvalue weighted by Gasteiger charge is 2.15. The Morgan fingerprint density at radius 1 is 1.17 bits per heavy atom. The predicted octanol–water partition coefficient (Wildman–Crippen LogP) is 2.41. The first-order chi connectivity index (χ1) is 8.53. The first-order valence-corrected chi connectivity index (χ1v) is 7.65. The maximum Gasteiger partial charge on any atom is 0.240 e. The van der Waals surface area contributed by atoms with Crippen LogP contribution < -0.4 is 9.46 Å². The molecule has 0 saturated heterocycles. The summed E-state index contributed by atoms with van der Waals surface area (Å²) in [6.45, 7) is 4.62. The van der Waals surface area contributed by atoms with Crippen LogP contribution in [0.3, 0.4) is 0 Å². The summed E-state index contributed by atoms with van der Waals surface area (Å²) in [5.41, 5.74) is 0. The molecule has 0 aromatic heterocycles. The van der Waals surface area contributed by atoms with E-state index < -0.39 is 10.0 Å². The SMILES string of the molecule is CCC(CC)CNS(=O)(=O)c1ccc(OC)cc1. The zero-order chi connectivity index (χ0) is 13.6. The van der Waals surface area contributed by atoms with Gasteiger partial charge >= 0.3 is 0 Å². The fourth-order valence-corrected chi connectivity index (χ4v) is 2.76. The summed E-state index contributed by atoms with van der Waals surface area (Å²) in [6, 6.07) is 6.39. The Kier molecular flexibility index (Phi) is 5.62. The molecule has 0 spiro atoms. The number of methoxy groups -OCH3 is 1. The second-order valence-electron chi connectivity index (χ2n) is 4.21. The summed E-state index contributed by atoms with van der Waals surface area (Å²) in [5, 5.41) is 0. The van der Waals surface area contributed by atoms with Gasteiger partial charge in [0.25, 0.3) is 0 Å². The first kappa shape index (κ1) is 15.0. The molecule has 0 bridgehead atoms. The fourth-order valence-electron chi connectivity index (χ4n) is 1.64. The second kappa shape index (κ2) is 6.75. The average Bonchev–Trinajstić information content (AvgIpc) is 2.40. The molecular formula is C13H21NO3S. The second-order valence-corrected chi connectivity index (χ2v) is 5.98. The highest BCUT2D eigenvalue weighted by Crippen LogP contribution is 2.16. The normalized spacial score (nSPS) is 11.8. The Morgan fingerprint density at radius 2 is 1.72 bits per heavy atom. The monoisotopic (exact) mass is 271 g/mol. The van der Waals surface area contributed by atoms with Crippen LogP contribution in [0.5, 0.6) is 5.75 Å². The average molecular weight is 271 g/mol. The summed E-state index contributed by atoms with van der Waals surface area (Å²) >= 11 is 0. The first-order valence-electron chi connectivity index (χ1n) is 6.17. The van der Waals surface area contributed by atoms with Crippen molar-refractivity contribution in [3.8, 4) is 5.75 Å². The molecule has 5 heteroatoms. The van der Waals surface area contributed by atoms with Crippen LogP contribution in [0.2, 0.25) is 0 Å². The molecule has 0 unspecified atom stereocenters. The number of nitrogens with one attached hydrogen (secondary N) is 1. The quantitative estimate of drug-likeness (QED) is 0.828. The van der Waals surface area contributed by atoms with E-state index in [-0.39, 0.29) is 4.90 Å². The Bertz CT molecular complexity index is 450. The van der Waals surface area contributed by atoms with Gasteiger partial charge in [0.2, 0.25) is 10.0 Å². The third-order valence-corrected chi connectivity index (χ3v) is 4.53. The molecule has 0 atom stereocenters. The maximum absolute atomic E-state index is 12.0. The molecule has 0 heterocycles. The molecule has 0 fully saturated rings. The number of hydrogen-bond acceptors (Lipinski definition) is 3. The molecule has 1 rings (SSSR count). The van der Waals surface area contributed by atoms with Crippen LogP contribution in [-0.2, 0) is 10.0 Å². The topological polar surface area (TPSA) is 55.4 Å². The van der Waals surface area contributed by atoms with Crippen molar-refractivity contribution >= 4 is 10.0 Å². The van der Waals surface area contributed by atoms with Crippen LogP contribution in [-0.4, -0.2) is 22.1 Å². The van der Waals surface area contributed by atoms with E-state index in [9.17, 15) is 8.42 Å². The lowest BCUT2D eigenvalue weighted by Crippen LogP contribution is -2.29. The Morgan fingerprint density at radius 3 is 2.17 bits per heavy atom. The lowest BCUT2D eigenvalue weighted by molar-refractivity contribution is 0.414. The molecule has 4 nitrogen and oxygen atoms in total.